The second kappa shape index (κ2) is 8.52. The lowest BCUT2D eigenvalue weighted by Gasteiger charge is -2.38. The molecule has 0 N–H and O–H groups in total. The van der Waals surface area contributed by atoms with Crippen LogP contribution in [0.25, 0.3) is 0 Å². The van der Waals surface area contributed by atoms with Crippen molar-refractivity contribution >= 4 is 39.1 Å². The van der Waals surface area contributed by atoms with Crippen LogP contribution in [0.2, 0.25) is 10.0 Å². The van der Waals surface area contributed by atoms with Crippen molar-refractivity contribution in [3.63, 3.8) is 0 Å². The molecule has 0 atom stereocenters. The zero-order chi connectivity index (χ0) is 21.2. The van der Waals surface area contributed by atoms with Gasteiger partial charge in [-0.15, -0.1) is 0 Å². The van der Waals surface area contributed by atoms with Crippen molar-refractivity contribution in [3.05, 3.63) is 58.6 Å². The van der Waals surface area contributed by atoms with E-state index in [1.54, 1.807) is 55.1 Å². The van der Waals surface area contributed by atoms with Crippen molar-refractivity contribution in [3.8, 4) is 5.75 Å². The van der Waals surface area contributed by atoms with Gasteiger partial charge in [-0.3, -0.25) is 4.79 Å². The SMILES string of the molecule is CC(C)(Oc1ccc(Cl)cc1)C(=O)N1CCN(S(=O)(=O)c2ccc(Cl)cc2)CC1. The first kappa shape index (κ1) is 21.9. The smallest absolute Gasteiger partial charge is 0.266 e. The summed E-state index contributed by atoms with van der Waals surface area (Å²) in [6.45, 7) is 4.40. The molecule has 29 heavy (non-hydrogen) atoms. The van der Waals surface area contributed by atoms with E-state index in [1.165, 1.54) is 16.4 Å². The van der Waals surface area contributed by atoms with Gasteiger partial charge in [-0.05, 0) is 62.4 Å². The number of halogens is 2. The molecule has 0 spiro atoms. The number of ether oxygens (including phenoxy) is 1. The summed E-state index contributed by atoms with van der Waals surface area (Å²) in [4.78, 5) is 14.8. The molecular formula is C20H22Cl2N2O4S. The monoisotopic (exact) mass is 456 g/mol. The number of hydrogen-bond donors (Lipinski definition) is 0. The van der Waals surface area contributed by atoms with Crippen LogP contribution in [0.15, 0.2) is 53.4 Å². The van der Waals surface area contributed by atoms with E-state index < -0.39 is 15.6 Å². The maximum atomic E-state index is 12.9. The number of rotatable bonds is 5. The molecule has 2 aromatic carbocycles. The molecule has 0 saturated carbocycles. The van der Waals surface area contributed by atoms with E-state index in [0.29, 0.717) is 28.9 Å². The molecule has 0 bridgehead atoms. The largest absolute Gasteiger partial charge is 0.478 e. The molecule has 1 aliphatic rings. The van der Waals surface area contributed by atoms with E-state index in [9.17, 15) is 13.2 Å². The first-order valence-corrected chi connectivity index (χ1v) is 11.3. The van der Waals surface area contributed by atoms with Crippen molar-refractivity contribution in [1.82, 2.24) is 9.21 Å². The normalized spacial score (nSPS) is 15.9. The third-order valence-corrected chi connectivity index (χ3v) is 7.10. The van der Waals surface area contributed by atoms with Crippen LogP contribution in [0.1, 0.15) is 13.8 Å². The molecule has 0 aliphatic carbocycles. The van der Waals surface area contributed by atoms with Gasteiger partial charge in [0.2, 0.25) is 10.0 Å². The lowest BCUT2D eigenvalue weighted by Crippen LogP contribution is -2.56. The summed E-state index contributed by atoms with van der Waals surface area (Å²) in [5, 5.41) is 1.06. The summed E-state index contributed by atoms with van der Waals surface area (Å²) < 4.78 is 32.8. The molecule has 1 saturated heterocycles. The third-order valence-electron chi connectivity index (χ3n) is 4.68. The summed E-state index contributed by atoms with van der Waals surface area (Å²) in [5.74, 6) is 0.340. The minimum Gasteiger partial charge on any atom is -0.478 e. The summed E-state index contributed by atoms with van der Waals surface area (Å²) >= 11 is 11.7. The van der Waals surface area contributed by atoms with E-state index in [1.807, 2.05) is 0 Å². The Kier molecular flexibility index (Phi) is 6.43. The lowest BCUT2D eigenvalue weighted by atomic mass is 10.1. The lowest BCUT2D eigenvalue weighted by molar-refractivity contribution is -0.146. The zero-order valence-electron chi connectivity index (χ0n) is 16.1. The predicted molar refractivity (Wildman–Crippen MR) is 113 cm³/mol. The van der Waals surface area contributed by atoms with Crippen LogP contribution in [-0.2, 0) is 14.8 Å². The summed E-state index contributed by atoms with van der Waals surface area (Å²) in [5.41, 5.74) is -1.09. The fraction of sp³-hybridized carbons (Fsp3) is 0.350. The van der Waals surface area contributed by atoms with Crippen LogP contribution in [0.3, 0.4) is 0 Å². The molecule has 0 radical (unpaired) electrons. The highest BCUT2D eigenvalue weighted by Gasteiger charge is 2.37. The molecular weight excluding hydrogens is 435 g/mol. The molecule has 0 aromatic heterocycles. The number of hydrogen-bond acceptors (Lipinski definition) is 4. The van der Waals surface area contributed by atoms with Gasteiger partial charge in [0.1, 0.15) is 5.75 Å². The molecule has 1 aliphatic heterocycles. The first-order valence-electron chi connectivity index (χ1n) is 9.09. The van der Waals surface area contributed by atoms with Crippen molar-refractivity contribution in [2.75, 3.05) is 26.2 Å². The molecule has 0 unspecified atom stereocenters. The molecule has 6 nitrogen and oxygen atoms in total. The van der Waals surface area contributed by atoms with Crippen LogP contribution in [0.4, 0.5) is 0 Å². The molecule has 9 heteroatoms. The van der Waals surface area contributed by atoms with Crippen LogP contribution in [0, 0.1) is 0 Å². The van der Waals surface area contributed by atoms with Gasteiger partial charge in [0.05, 0.1) is 4.90 Å². The minimum atomic E-state index is -3.62. The van der Waals surface area contributed by atoms with Crippen molar-refractivity contribution in [2.45, 2.75) is 24.3 Å². The van der Waals surface area contributed by atoms with Gasteiger partial charge >= 0.3 is 0 Å². The van der Waals surface area contributed by atoms with Crippen LogP contribution in [0.5, 0.6) is 5.75 Å². The highest BCUT2D eigenvalue weighted by atomic mass is 35.5. The van der Waals surface area contributed by atoms with Gasteiger partial charge in [-0.2, -0.15) is 4.31 Å². The van der Waals surface area contributed by atoms with E-state index in [4.69, 9.17) is 27.9 Å². The summed E-state index contributed by atoms with van der Waals surface area (Å²) in [7, 11) is -3.62. The highest BCUT2D eigenvalue weighted by molar-refractivity contribution is 7.89. The van der Waals surface area contributed by atoms with E-state index in [2.05, 4.69) is 0 Å². The van der Waals surface area contributed by atoms with Gasteiger partial charge in [0, 0.05) is 36.2 Å². The number of nitrogens with zero attached hydrogens (tertiary/aromatic N) is 2. The number of piperazine rings is 1. The molecule has 156 valence electrons. The number of benzene rings is 2. The average Bonchev–Trinajstić information content (AvgIpc) is 2.69. The third kappa shape index (κ3) is 5.04. The fourth-order valence-electron chi connectivity index (χ4n) is 3.11. The molecule has 1 fully saturated rings. The maximum absolute atomic E-state index is 12.9. The molecule has 3 rings (SSSR count). The average molecular weight is 457 g/mol. The van der Waals surface area contributed by atoms with Crippen LogP contribution >= 0.6 is 23.2 Å². The Morgan fingerprint density at radius 2 is 1.38 bits per heavy atom. The Balaban J connectivity index is 1.64. The number of carbonyl (C=O) groups is 1. The number of carbonyl (C=O) groups excluding carboxylic acids is 1. The van der Waals surface area contributed by atoms with Crippen molar-refractivity contribution in [1.29, 1.82) is 0 Å². The van der Waals surface area contributed by atoms with E-state index in [-0.39, 0.29) is 23.9 Å². The second-order valence-corrected chi connectivity index (χ2v) is 10.0. The zero-order valence-corrected chi connectivity index (χ0v) is 18.5. The number of sulfonamides is 1. The van der Waals surface area contributed by atoms with Gasteiger partial charge in [-0.25, -0.2) is 8.42 Å². The van der Waals surface area contributed by atoms with E-state index >= 15 is 0 Å². The summed E-state index contributed by atoms with van der Waals surface area (Å²) in [6, 6.07) is 12.9. The van der Waals surface area contributed by atoms with Gasteiger partial charge < -0.3 is 9.64 Å². The standard InChI is InChI=1S/C20H22Cl2N2O4S/c1-20(2,28-17-7-3-15(21)4-8-17)19(25)23-11-13-24(14-12-23)29(26,27)18-9-5-16(22)6-10-18/h3-10H,11-14H2,1-2H3. The van der Waals surface area contributed by atoms with Crippen LogP contribution in [-0.4, -0.2) is 55.3 Å². The molecule has 2 aromatic rings. The maximum Gasteiger partial charge on any atom is 0.266 e. The highest BCUT2D eigenvalue weighted by Crippen LogP contribution is 2.24. The quantitative estimate of drug-likeness (QED) is 0.687. The fourth-order valence-corrected chi connectivity index (χ4v) is 4.78. The summed E-state index contributed by atoms with van der Waals surface area (Å²) in [6.07, 6.45) is 0. The van der Waals surface area contributed by atoms with Crippen molar-refractivity contribution in [2.24, 2.45) is 0 Å². The molecule has 1 heterocycles. The first-order chi connectivity index (χ1) is 13.6. The Labute approximate surface area is 181 Å². The Hall–Kier alpha value is -1.80. The van der Waals surface area contributed by atoms with Gasteiger partial charge in [0.15, 0.2) is 5.60 Å². The Morgan fingerprint density at radius 1 is 0.897 bits per heavy atom. The predicted octanol–water partition coefficient (Wildman–Crippen LogP) is 3.68. The molecule has 1 amide bonds. The minimum absolute atomic E-state index is 0.188. The second-order valence-electron chi connectivity index (χ2n) is 7.22. The van der Waals surface area contributed by atoms with Gasteiger partial charge in [-0.1, -0.05) is 23.2 Å². The Morgan fingerprint density at radius 3 is 1.90 bits per heavy atom. The Bertz CT molecular complexity index is 969. The van der Waals surface area contributed by atoms with Gasteiger partial charge in [0.25, 0.3) is 5.91 Å². The topological polar surface area (TPSA) is 66.9 Å². The number of amides is 1. The van der Waals surface area contributed by atoms with E-state index in [0.717, 1.165) is 0 Å². The van der Waals surface area contributed by atoms with Crippen molar-refractivity contribution < 1.29 is 17.9 Å². The van der Waals surface area contributed by atoms with Crippen LogP contribution < -0.4 is 4.74 Å².